The summed E-state index contributed by atoms with van der Waals surface area (Å²) in [7, 11) is 0. The minimum Gasteiger partial charge on any atom is -0.339 e. The Morgan fingerprint density at radius 3 is 2.39 bits per heavy atom. The minimum atomic E-state index is 0.0451. The van der Waals surface area contributed by atoms with Crippen LogP contribution in [0.5, 0.6) is 0 Å². The topological polar surface area (TPSA) is 53.5 Å². The second-order valence-corrected chi connectivity index (χ2v) is 10.2. The average Bonchev–Trinajstić information content (AvgIpc) is 3.28. The van der Waals surface area contributed by atoms with Crippen molar-refractivity contribution in [1.29, 1.82) is 0 Å². The lowest BCUT2D eigenvalue weighted by atomic mass is 10.1. The number of thioether (sulfide) groups is 1. The van der Waals surface area contributed by atoms with E-state index in [4.69, 9.17) is 0 Å². The molecular weight excluding hydrogens is 450 g/mol. The molecule has 0 aliphatic carbocycles. The van der Waals surface area contributed by atoms with Gasteiger partial charge in [-0.2, -0.15) is 0 Å². The molecule has 5 nitrogen and oxygen atoms in total. The molecule has 1 saturated heterocycles. The van der Waals surface area contributed by atoms with Crippen molar-refractivity contribution in [2.45, 2.75) is 36.8 Å². The molecule has 2 amide bonds. The monoisotopic (exact) mass is 479 g/mol. The third kappa shape index (κ3) is 6.45. The molecule has 172 valence electrons. The van der Waals surface area contributed by atoms with Gasteiger partial charge in [-0.25, -0.2) is 4.98 Å². The summed E-state index contributed by atoms with van der Waals surface area (Å²) in [5.74, 6) is 0.983. The van der Waals surface area contributed by atoms with Crippen molar-refractivity contribution in [2.75, 3.05) is 26.2 Å². The number of hydrogen-bond acceptors (Lipinski definition) is 5. The molecule has 1 aliphatic rings. The van der Waals surface area contributed by atoms with E-state index in [-0.39, 0.29) is 11.8 Å². The molecule has 0 atom stereocenters. The molecular formula is C26H29N3O2S2. The van der Waals surface area contributed by atoms with Crippen LogP contribution in [0.2, 0.25) is 0 Å². The molecule has 4 rings (SSSR count). The Hall–Kier alpha value is -2.64. The summed E-state index contributed by atoms with van der Waals surface area (Å²) in [6, 6.07) is 18.1. The molecule has 0 N–H and O–H groups in total. The van der Waals surface area contributed by atoms with Crippen LogP contribution in [0.4, 0.5) is 0 Å². The standard InChI is InChI=1S/C26H29N3O2S2/c1-20-27-22(18-32-20)19-33-24-12-6-5-11-23(24)26(31)29-16-14-28(15-17-29)25(30)13-7-10-21-8-3-2-4-9-21/h2-6,8-9,11-12,18H,7,10,13-17,19H2,1H3. The van der Waals surface area contributed by atoms with Gasteiger partial charge in [0.25, 0.3) is 5.91 Å². The molecule has 1 aromatic heterocycles. The Morgan fingerprint density at radius 1 is 0.970 bits per heavy atom. The molecule has 2 aromatic carbocycles. The highest BCUT2D eigenvalue weighted by atomic mass is 32.2. The zero-order valence-corrected chi connectivity index (χ0v) is 20.5. The molecule has 0 radical (unpaired) electrons. The number of rotatable bonds is 8. The summed E-state index contributed by atoms with van der Waals surface area (Å²) in [6.07, 6.45) is 2.32. The first kappa shape index (κ1) is 23.5. The maximum absolute atomic E-state index is 13.2. The molecule has 0 unspecified atom stereocenters. The van der Waals surface area contributed by atoms with Gasteiger partial charge < -0.3 is 9.80 Å². The fourth-order valence-corrected chi connectivity index (χ4v) is 5.63. The van der Waals surface area contributed by atoms with Gasteiger partial charge in [0.1, 0.15) is 0 Å². The summed E-state index contributed by atoms with van der Waals surface area (Å²) < 4.78 is 0. The van der Waals surface area contributed by atoms with Gasteiger partial charge >= 0.3 is 0 Å². The van der Waals surface area contributed by atoms with Gasteiger partial charge in [0.15, 0.2) is 0 Å². The van der Waals surface area contributed by atoms with E-state index in [2.05, 4.69) is 22.5 Å². The number of carbonyl (C=O) groups is 2. The van der Waals surface area contributed by atoms with Crippen LogP contribution < -0.4 is 0 Å². The van der Waals surface area contributed by atoms with Gasteiger partial charge in [0.2, 0.25) is 5.91 Å². The van der Waals surface area contributed by atoms with E-state index in [1.807, 2.05) is 59.2 Å². The molecule has 0 saturated carbocycles. The second-order valence-electron chi connectivity index (χ2n) is 8.15. The Bertz CT molecular complexity index is 1080. The van der Waals surface area contributed by atoms with Crippen LogP contribution in [0.15, 0.2) is 64.9 Å². The van der Waals surface area contributed by atoms with E-state index >= 15 is 0 Å². The van der Waals surface area contributed by atoms with Crippen molar-refractivity contribution < 1.29 is 9.59 Å². The molecule has 3 aromatic rings. The fraction of sp³-hybridized carbons (Fsp3) is 0.346. The summed E-state index contributed by atoms with van der Waals surface area (Å²) in [6.45, 7) is 4.36. The van der Waals surface area contributed by atoms with E-state index in [0.29, 0.717) is 32.6 Å². The van der Waals surface area contributed by atoms with Crippen LogP contribution in [-0.2, 0) is 17.0 Å². The van der Waals surface area contributed by atoms with E-state index in [9.17, 15) is 9.59 Å². The van der Waals surface area contributed by atoms with Crippen LogP contribution in [0.3, 0.4) is 0 Å². The number of benzene rings is 2. The molecule has 33 heavy (non-hydrogen) atoms. The first-order chi connectivity index (χ1) is 16.1. The van der Waals surface area contributed by atoms with Crippen molar-refractivity contribution in [3.63, 3.8) is 0 Å². The predicted molar refractivity (Wildman–Crippen MR) is 135 cm³/mol. The lowest BCUT2D eigenvalue weighted by molar-refractivity contribution is -0.132. The summed E-state index contributed by atoms with van der Waals surface area (Å²) in [5, 5.41) is 3.13. The number of amides is 2. The summed E-state index contributed by atoms with van der Waals surface area (Å²) in [5.41, 5.74) is 3.04. The number of aromatic nitrogens is 1. The van der Waals surface area contributed by atoms with E-state index in [1.165, 1.54) is 5.56 Å². The van der Waals surface area contributed by atoms with Gasteiger partial charge in [0, 0.05) is 48.6 Å². The fourth-order valence-electron chi connectivity index (χ4n) is 3.97. The Kier molecular flexibility index (Phi) is 8.18. The van der Waals surface area contributed by atoms with Crippen LogP contribution in [0.1, 0.15) is 39.5 Å². The number of hydrogen-bond donors (Lipinski definition) is 0. The maximum atomic E-state index is 13.2. The Morgan fingerprint density at radius 2 is 1.67 bits per heavy atom. The SMILES string of the molecule is Cc1nc(CSc2ccccc2C(=O)N2CCN(C(=O)CCCc3ccccc3)CC2)cs1. The second kappa shape index (κ2) is 11.5. The minimum absolute atomic E-state index is 0.0451. The highest BCUT2D eigenvalue weighted by Gasteiger charge is 2.26. The third-order valence-corrected chi connectivity index (χ3v) is 7.71. The highest BCUT2D eigenvalue weighted by molar-refractivity contribution is 7.98. The lowest BCUT2D eigenvalue weighted by Crippen LogP contribution is -2.50. The van der Waals surface area contributed by atoms with E-state index < -0.39 is 0 Å². The molecule has 0 spiro atoms. The first-order valence-corrected chi connectivity index (χ1v) is 13.2. The van der Waals surface area contributed by atoms with Crippen molar-refractivity contribution in [3.8, 4) is 0 Å². The summed E-state index contributed by atoms with van der Waals surface area (Å²) in [4.78, 5) is 35.1. The molecule has 7 heteroatoms. The Labute approximate surface area is 203 Å². The van der Waals surface area contributed by atoms with Crippen LogP contribution in [-0.4, -0.2) is 52.8 Å². The number of carbonyl (C=O) groups excluding carboxylic acids is 2. The van der Waals surface area contributed by atoms with Crippen molar-refractivity contribution in [1.82, 2.24) is 14.8 Å². The van der Waals surface area contributed by atoms with Crippen LogP contribution >= 0.6 is 23.1 Å². The Balaban J connectivity index is 1.27. The molecule has 2 heterocycles. The van der Waals surface area contributed by atoms with Crippen LogP contribution in [0.25, 0.3) is 0 Å². The summed E-state index contributed by atoms with van der Waals surface area (Å²) >= 11 is 3.30. The average molecular weight is 480 g/mol. The quantitative estimate of drug-likeness (QED) is 0.424. The van der Waals surface area contributed by atoms with E-state index in [1.54, 1.807) is 23.1 Å². The lowest BCUT2D eigenvalue weighted by Gasteiger charge is -2.35. The van der Waals surface area contributed by atoms with Gasteiger partial charge in [-0.05, 0) is 37.5 Å². The highest BCUT2D eigenvalue weighted by Crippen LogP contribution is 2.28. The van der Waals surface area contributed by atoms with Gasteiger partial charge in [-0.1, -0.05) is 42.5 Å². The van der Waals surface area contributed by atoms with Gasteiger partial charge in [0.05, 0.1) is 16.3 Å². The predicted octanol–water partition coefficient (Wildman–Crippen LogP) is 5.05. The smallest absolute Gasteiger partial charge is 0.255 e. The van der Waals surface area contributed by atoms with Crippen molar-refractivity contribution >= 4 is 34.9 Å². The maximum Gasteiger partial charge on any atom is 0.255 e. The third-order valence-electron chi connectivity index (χ3n) is 5.78. The van der Waals surface area contributed by atoms with Gasteiger partial charge in [-0.15, -0.1) is 23.1 Å². The molecule has 1 fully saturated rings. The van der Waals surface area contributed by atoms with E-state index in [0.717, 1.165) is 39.8 Å². The van der Waals surface area contributed by atoms with Crippen LogP contribution in [0, 0.1) is 6.92 Å². The first-order valence-electron chi connectivity index (χ1n) is 11.3. The van der Waals surface area contributed by atoms with Crippen molar-refractivity contribution in [2.24, 2.45) is 0 Å². The number of thiazole rings is 1. The van der Waals surface area contributed by atoms with Gasteiger partial charge in [-0.3, -0.25) is 9.59 Å². The van der Waals surface area contributed by atoms with Crippen molar-refractivity contribution in [3.05, 3.63) is 81.8 Å². The zero-order valence-electron chi connectivity index (χ0n) is 18.9. The molecule has 0 bridgehead atoms. The number of aryl methyl sites for hydroxylation is 2. The number of nitrogens with zero attached hydrogens (tertiary/aromatic N) is 3. The number of piperazine rings is 1. The zero-order chi connectivity index (χ0) is 23.0. The normalized spacial score (nSPS) is 13.8. The molecule has 1 aliphatic heterocycles. The largest absolute Gasteiger partial charge is 0.339 e.